The topological polar surface area (TPSA) is 72.5 Å². The van der Waals surface area contributed by atoms with Crippen molar-refractivity contribution in [3.63, 3.8) is 0 Å². The highest BCUT2D eigenvalue weighted by molar-refractivity contribution is 5.69. The Labute approximate surface area is 260 Å². The van der Waals surface area contributed by atoms with Gasteiger partial charge in [0.05, 0.1) is 59.5 Å². The van der Waals surface area contributed by atoms with E-state index in [0.29, 0.717) is 72.5 Å². The minimum atomic E-state index is -0.126. The molecule has 0 rings (SSSR count). The van der Waals surface area contributed by atoms with Gasteiger partial charge in [-0.3, -0.25) is 4.79 Å². The average Bonchev–Trinajstić information content (AvgIpc) is 3.00. The number of rotatable bonds is 37. The van der Waals surface area contributed by atoms with Crippen LogP contribution in [-0.2, 0) is 33.2 Å². The van der Waals surface area contributed by atoms with Crippen LogP contribution < -0.4 is 0 Å². The van der Waals surface area contributed by atoms with Gasteiger partial charge in [0.2, 0.25) is 0 Å². The van der Waals surface area contributed by atoms with Gasteiger partial charge in [-0.15, -0.1) is 0 Å². The normalized spacial score (nSPS) is 11.4. The second kappa shape index (κ2) is 38.3. The maximum Gasteiger partial charge on any atom is 0.305 e. The van der Waals surface area contributed by atoms with Crippen molar-refractivity contribution < 1.29 is 33.2 Å². The molecule has 0 saturated heterocycles. The van der Waals surface area contributed by atoms with Crippen LogP contribution in [0.15, 0.2) is 0 Å². The SMILES string of the molecule is CCCCCCCCCCCCCCCCOCCOCCOCCOCCOCCOC(=O)CCCCCCCC. The van der Waals surface area contributed by atoms with Crippen molar-refractivity contribution in [3.05, 3.63) is 0 Å². The molecule has 0 spiro atoms. The number of carbonyl (C=O) groups is 1. The molecule has 0 fully saturated rings. The van der Waals surface area contributed by atoms with E-state index in [0.717, 1.165) is 25.9 Å². The van der Waals surface area contributed by atoms with Gasteiger partial charge in [0.25, 0.3) is 0 Å². The Morgan fingerprint density at radius 1 is 0.333 bits per heavy atom. The van der Waals surface area contributed by atoms with Crippen LogP contribution in [0.3, 0.4) is 0 Å². The highest BCUT2D eigenvalue weighted by atomic mass is 16.6. The lowest BCUT2D eigenvalue weighted by Gasteiger charge is -2.08. The summed E-state index contributed by atoms with van der Waals surface area (Å²) in [5, 5.41) is 0. The second-order valence-electron chi connectivity index (χ2n) is 11.4. The first-order valence-corrected chi connectivity index (χ1v) is 17.9. The lowest BCUT2D eigenvalue weighted by molar-refractivity contribution is -0.145. The van der Waals surface area contributed by atoms with Crippen LogP contribution in [0.2, 0.25) is 0 Å². The first-order chi connectivity index (χ1) is 20.8. The van der Waals surface area contributed by atoms with Gasteiger partial charge in [-0.25, -0.2) is 0 Å². The molecule has 0 amide bonds. The molecule has 7 nitrogen and oxygen atoms in total. The molecule has 0 aliphatic carbocycles. The predicted octanol–water partition coefficient (Wildman–Crippen LogP) is 8.84. The summed E-state index contributed by atoms with van der Waals surface area (Å²) >= 11 is 0. The molecule has 0 unspecified atom stereocenters. The lowest BCUT2D eigenvalue weighted by Crippen LogP contribution is -2.15. The Balaban J connectivity index is 3.09. The van der Waals surface area contributed by atoms with Gasteiger partial charge >= 0.3 is 5.97 Å². The van der Waals surface area contributed by atoms with Gasteiger partial charge in [0.1, 0.15) is 6.61 Å². The summed E-state index contributed by atoms with van der Waals surface area (Å²) in [6.45, 7) is 10.5. The molecule has 0 radical (unpaired) electrons. The van der Waals surface area contributed by atoms with Gasteiger partial charge < -0.3 is 28.4 Å². The highest BCUT2D eigenvalue weighted by Gasteiger charge is 2.02. The number of unbranched alkanes of at least 4 members (excludes halogenated alkanes) is 18. The molecule has 0 aromatic heterocycles. The van der Waals surface area contributed by atoms with E-state index in [1.54, 1.807) is 0 Å². The summed E-state index contributed by atoms with van der Waals surface area (Å²) in [6, 6.07) is 0. The summed E-state index contributed by atoms with van der Waals surface area (Å²) in [5.41, 5.74) is 0. The second-order valence-corrected chi connectivity index (χ2v) is 11.4. The zero-order valence-electron chi connectivity index (χ0n) is 28.0. The van der Waals surface area contributed by atoms with Crippen LogP contribution in [-0.4, -0.2) is 78.6 Å². The molecule has 42 heavy (non-hydrogen) atoms. The van der Waals surface area contributed by atoms with Gasteiger partial charge in [0.15, 0.2) is 0 Å². The maximum atomic E-state index is 11.7. The Bertz CT molecular complexity index is 504. The van der Waals surface area contributed by atoms with Crippen molar-refractivity contribution in [2.45, 2.75) is 149 Å². The van der Waals surface area contributed by atoms with Gasteiger partial charge in [-0.1, -0.05) is 129 Å². The first kappa shape index (κ1) is 41.3. The van der Waals surface area contributed by atoms with Crippen LogP contribution >= 0.6 is 0 Å². The van der Waals surface area contributed by atoms with Gasteiger partial charge in [0, 0.05) is 13.0 Å². The third-order valence-electron chi connectivity index (χ3n) is 7.36. The van der Waals surface area contributed by atoms with Crippen molar-refractivity contribution in [1.82, 2.24) is 0 Å². The van der Waals surface area contributed by atoms with Crippen molar-refractivity contribution in [2.75, 3.05) is 72.7 Å². The molecule has 0 aromatic carbocycles. The molecule has 0 aliphatic heterocycles. The predicted molar refractivity (Wildman–Crippen MR) is 173 cm³/mol. The Morgan fingerprint density at radius 3 is 1.00 bits per heavy atom. The van der Waals surface area contributed by atoms with Crippen LogP contribution in [0.5, 0.6) is 0 Å². The Hall–Kier alpha value is -0.730. The Morgan fingerprint density at radius 2 is 0.619 bits per heavy atom. The van der Waals surface area contributed by atoms with Crippen LogP contribution in [0.25, 0.3) is 0 Å². The van der Waals surface area contributed by atoms with Crippen molar-refractivity contribution in [3.8, 4) is 0 Å². The zero-order chi connectivity index (χ0) is 30.4. The van der Waals surface area contributed by atoms with E-state index >= 15 is 0 Å². The molecular weight excluding hydrogens is 532 g/mol. The first-order valence-electron chi connectivity index (χ1n) is 17.9. The lowest BCUT2D eigenvalue weighted by atomic mass is 10.0. The largest absolute Gasteiger partial charge is 0.463 e. The summed E-state index contributed by atoms with van der Waals surface area (Å²) in [7, 11) is 0. The molecular formula is C35H70O7. The molecule has 0 aromatic rings. The van der Waals surface area contributed by atoms with E-state index in [1.807, 2.05) is 0 Å². The maximum absolute atomic E-state index is 11.7. The summed E-state index contributed by atoms with van der Waals surface area (Å²) in [5.74, 6) is -0.126. The fourth-order valence-corrected chi connectivity index (χ4v) is 4.72. The Kier molecular flexibility index (Phi) is 37.6. The smallest absolute Gasteiger partial charge is 0.305 e. The van der Waals surface area contributed by atoms with E-state index in [4.69, 9.17) is 28.4 Å². The van der Waals surface area contributed by atoms with Crippen LogP contribution in [0, 0.1) is 0 Å². The van der Waals surface area contributed by atoms with E-state index in [2.05, 4.69) is 13.8 Å². The van der Waals surface area contributed by atoms with E-state index in [1.165, 1.54) is 109 Å². The molecule has 0 aliphatic rings. The van der Waals surface area contributed by atoms with Crippen LogP contribution in [0.1, 0.15) is 149 Å². The average molecular weight is 603 g/mol. The molecule has 0 bridgehead atoms. The molecule has 7 heteroatoms. The third-order valence-corrected chi connectivity index (χ3v) is 7.36. The summed E-state index contributed by atoms with van der Waals surface area (Å²) < 4.78 is 32.8. The molecule has 0 saturated carbocycles. The monoisotopic (exact) mass is 603 g/mol. The zero-order valence-corrected chi connectivity index (χ0v) is 28.0. The number of ether oxygens (including phenoxy) is 6. The molecule has 0 heterocycles. The van der Waals surface area contributed by atoms with Gasteiger partial charge in [-0.2, -0.15) is 0 Å². The number of hydrogen-bond donors (Lipinski definition) is 0. The standard InChI is InChI=1S/C35H70O7/c1-3-5-7-9-11-12-13-14-15-16-17-18-20-22-24-37-25-26-38-27-28-39-29-30-40-31-32-41-33-34-42-35(36)23-21-19-10-8-6-4-2/h3-34H2,1-2H3. The van der Waals surface area contributed by atoms with E-state index in [-0.39, 0.29) is 5.97 Å². The third kappa shape index (κ3) is 37.3. The quantitative estimate of drug-likeness (QED) is 0.0519. The van der Waals surface area contributed by atoms with Crippen molar-refractivity contribution >= 4 is 5.97 Å². The van der Waals surface area contributed by atoms with Crippen molar-refractivity contribution in [1.29, 1.82) is 0 Å². The van der Waals surface area contributed by atoms with E-state index < -0.39 is 0 Å². The molecule has 252 valence electrons. The fraction of sp³-hybridized carbons (Fsp3) is 0.971. The minimum Gasteiger partial charge on any atom is -0.463 e. The van der Waals surface area contributed by atoms with Crippen LogP contribution in [0.4, 0.5) is 0 Å². The van der Waals surface area contributed by atoms with Gasteiger partial charge in [-0.05, 0) is 12.8 Å². The fourth-order valence-electron chi connectivity index (χ4n) is 4.72. The number of carbonyl (C=O) groups excluding carboxylic acids is 1. The number of hydrogen-bond acceptors (Lipinski definition) is 7. The molecule has 0 N–H and O–H groups in total. The summed E-state index contributed by atoms with van der Waals surface area (Å²) in [6.07, 6.45) is 26.8. The van der Waals surface area contributed by atoms with E-state index in [9.17, 15) is 4.79 Å². The molecule has 0 atom stereocenters. The number of esters is 1. The minimum absolute atomic E-state index is 0.126. The van der Waals surface area contributed by atoms with Crippen molar-refractivity contribution in [2.24, 2.45) is 0 Å². The summed E-state index contributed by atoms with van der Waals surface area (Å²) in [4.78, 5) is 11.7. The highest BCUT2D eigenvalue weighted by Crippen LogP contribution is 2.13.